The van der Waals surface area contributed by atoms with E-state index in [0.717, 1.165) is 17.8 Å². The number of benzene rings is 2. The van der Waals surface area contributed by atoms with Crippen molar-refractivity contribution in [3.63, 3.8) is 0 Å². The second-order valence-corrected chi connectivity index (χ2v) is 8.96. The average Bonchev–Trinajstić information content (AvgIpc) is 2.70. The number of carbonyl (C=O) groups excluding carboxylic acids is 1. The van der Waals surface area contributed by atoms with Crippen LogP contribution in [0.4, 0.5) is 5.69 Å². The molecular formula is C17H16Cl2N2O7S2. The highest BCUT2D eigenvalue weighted by Crippen LogP contribution is 2.32. The van der Waals surface area contributed by atoms with Gasteiger partial charge in [-0.25, -0.2) is 8.42 Å². The third-order valence-electron chi connectivity index (χ3n) is 3.58. The number of ether oxygens (including phenoxy) is 2. The lowest BCUT2D eigenvalue weighted by Crippen LogP contribution is -2.31. The van der Waals surface area contributed by atoms with E-state index in [0.29, 0.717) is 14.9 Å². The summed E-state index contributed by atoms with van der Waals surface area (Å²) in [7, 11) is -4.15. The molecule has 2 rings (SSSR count). The topological polar surface area (TPSA) is 125 Å². The standard InChI is InChI=1S/C17H16Cl2N2O7S2/c1-29-15-6-5-11(9-14(15)21(23)24)30(25,26)20-10-16(22)27-7-8-28-17-12(18)3-2-4-13(17)19/h2-6,9,20H,7-8,10H2,1H3. The highest BCUT2D eigenvalue weighted by Gasteiger charge is 2.22. The molecule has 162 valence electrons. The number of sulfonamides is 1. The Morgan fingerprint density at radius 2 is 1.87 bits per heavy atom. The second kappa shape index (κ2) is 10.8. The van der Waals surface area contributed by atoms with Crippen molar-refractivity contribution in [3.8, 4) is 5.75 Å². The van der Waals surface area contributed by atoms with Gasteiger partial charge in [-0.15, -0.1) is 11.8 Å². The molecule has 0 atom stereocenters. The number of carbonyl (C=O) groups is 1. The zero-order valence-electron chi connectivity index (χ0n) is 15.5. The van der Waals surface area contributed by atoms with Gasteiger partial charge in [0.2, 0.25) is 10.0 Å². The summed E-state index contributed by atoms with van der Waals surface area (Å²) in [4.78, 5) is 22.2. The van der Waals surface area contributed by atoms with Crippen LogP contribution in [-0.4, -0.2) is 45.3 Å². The molecule has 0 aliphatic rings. The molecule has 0 fully saturated rings. The summed E-state index contributed by atoms with van der Waals surface area (Å²) in [5.41, 5.74) is -0.344. The molecule has 13 heteroatoms. The normalized spacial score (nSPS) is 11.2. The van der Waals surface area contributed by atoms with Gasteiger partial charge in [0.25, 0.3) is 5.69 Å². The molecule has 0 saturated carbocycles. The monoisotopic (exact) mass is 494 g/mol. The quantitative estimate of drug-likeness (QED) is 0.175. The van der Waals surface area contributed by atoms with E-state index in [1.807, 2.05) is 4.72 Å². The van der Waals surface area contributed by atoms with Crippen molar-refractivity contribution in [1.29, 1.82) is 0 Å². The number of nitrogens with zero attached hydrogens (tertiary/aromatic N) is 1. The van der Waals surface area contributed by atoms with Gasteiger partial charge in [-0.2, -0.15) is 4.72 Å². The highest BCUT2D eigenvalue weighted by molar-refractivity contribution is 7.98. The van der Waals surface area contributed by atoms with Crippen LogP contribution in [0.1, 0.15) is 0 Å². The fraction of sp³-hybridized carbons (Fsp3) is 0.235. The van der Waals surface area contributed by atoms with E-state index >= 15 is 0 Å². The van der Waals surface area contributed by atoms with Crippen LogP contribution >= 0.6 is 35.0 Å². The molecule has 0 bridgehead atoms. The zero-order valence-corrected chi connectivity index (χ0v) is 18.6. The molecule has 2 aromatic carbocycles. The van der Waals surface area contributed by atoms with Crippen LogP contribution in [0.25, 0.3) is 0 Å². The van der Waals surface area contributed by atoms with Gasteiger partial charge < -0.3 is 9.47 Å². The Morgan fingerprint density at radius 3 is 2.47 bits per heavy atom. The maximum atomic E-state index is 12.3. The molecule has 0 aliphatic heterocycles. The summed E-state index contributed by atoms with van der Waals surface area (Å²) >= 11 is 13.0. The van der Waals surface area contributed by atoms with Crippen LogP contribution in [0.15, 0.2) is 46.2 Å². The van der Waals surface area contributed by atoms with Crippen LogP contribution in [-0.2, 0) is 19.6 Å². The van der Waals surface area contributed by atoms with Crippen LogP contribution in [0.2, 0.25) is 10.0 Å². The first-order valence-electron chi connectivity index (χ1n) is 8.20. The minimum absolute atomic E-state index is 0.0513. The minimum Gasteiger partial charge on any atom is -0.487 e. The fourth-order valence-electron chi connectivity index (χ4n) is 2.19. The van der Waals surface area contributed by atoms with Crippen molar-refractivity contribution in [1.82, 2.24) is 4.72 Å². The largest absolute Gasteiger partial charge is 0.487 e. The predicted molar refractivity (Wildman–Crippen MR) is 113 cm³/mol. The molecule has 0 radical (unpaired) electrons. The molecule has 0 unspecified atom stereocenters. The van der Waals surface area contributed by atoms with Gasteiger partial charge >= 0.3 is 5.97 Å². The lowest BCUT2D eigenvalue weighted by atomic mass is 10.3. The Balaban J connectivity index is 1.88. The van der Waals surface area contributed by atoms with Gasteiger partial charge in [-0.05, 0) is 30.5 Å². The Hall–Kier alpha value is -2.05. The molecule has 0 saturated heterocycles. The van der Waals surface area contributed by atoms with Crippen molar-refractivity contribution < 1.29 is 27.6 Å². The van der Waals surface area contributed by atoms with Gasteiger partial charge in [0.1, 0.15) is 19.8 Å². The third kappa shape index (κ3) is 6.47. The van der Waals surface area contributed by atoms with E-state index in [4.69, 9.17) is 32.7 Å². The van der Waals surface area contributed by atoms with Gasteiger partial charge in [-0.1, -0.05) is 29.3 Å². The number of hydrogen-bond acceptors (Lipinski definition) is 8. The van der Waals surface area contributed by atoms with Crippen molar-refractivity contribution >= 4 is 56.6 Å². The molecule has 9 nitrogen and oxygen atoms in total. The lowest BCUT2D eigenvalue weighted by Gasteiger charge is -2.11. The molecule has 0 heterocycles. The van der Waals surface area contributed by atoms with Crippen molar-refractivity contribution in [3.05, 3.63) is 56.6 Å². The summed E-state index contributed by atoms with van der Waals surface area (Å²) in [6.45, 7) is -0.881. The van der Waals surface area contributed by atoms with Gasteiger partial charge in [-0.3, -0.25) is 14.9 Å². The minimum atomic E-state index is -4.15. The maximum Gasteiger partial charge on any atom is 0.321 e. The lowest BCUT2D eigenvalue weighted by molar-refractivity contribution is -0.387. The average molecular weight is 495 g/mol. The highest BCUT2D eigenvalue weighted by atomic mass is 35.5. The first-order chi connectivity index (χ1) is 14.2. The number of hydrogen-bond donors (Lipinski definition) is 1. The van der Waals surface area contributed by atoms with Gasteiger partial charge in [0.05, 0.1) is 24.8 Å². The van der Waals surface area contributed by atoms with E-state index in [1.54, 1.807) is 24.5 Å². The van der Waals surface area contributed by atoms with Crippen molar-refractivity contribution in [2.24, 2.45) is 0 Å². The van der Waals surface area contributed by atoms with E-state index in [9.17, 15) is 23.3 Å². The number of para-hydroxylation sites is 1. The van der Waals surface area contributed by atoms with E-state index < -0.39 is 27.5 Å². The first kappa shape index (κ1) is 24.2. The third-order valence-corrected chi connectivity index (χ3v) is 6.35. The predicted octanol–water partition coefficient (Wildman–Crippen LogP) is 3.52. The summed E-state index contributed by atoms with van der Waals surface area (Å²) < 4.78 is 36.9. The van der Waals surface area contributed by atoms with Gasteiger partial charge in [0.15, 0.2) is 5.75 Å². The van der Waals surface area contributed by atoms with E-state index in [-0.39, 0.29) is 29.5 Å². The summed E-state index contributed by atoms with van der Waals surface area (Å²) in [5, 5.41) is 11.7. The van der Waals surface area contributed by atoms with Gasteiger partial charge in [0, 0.05) is 6.07 Å². The van der Waals surface area contributed by atoms with E-state index in [2.05, 4.69) is 0 Å². The molecule has 0 spiro atoms. The Labute approximate surface area is 186 Å². The van der Waals surface area contributed by atoms with Crippen LogP contribution < -0.4 is 9.46 Å². The van der Waals surface area contributed by atoms with Crippen molar-refractivity contribution in [2.45, 2.75) is 9.79 Å². The number of halogens is 2. The van der Waals surface area contributed by atoms with Crippen LogP contribution in [0.3, 0.4) is 0 Å². The number of thioether (sulfide) groups is 1. The molecule has 30 heavy (non-hydrogen) atoms. The van der Waals surface area contributed by atoms with Crippen LogP contribution in [0, 0.1) is 10.1 Å². The summed E-state index contributed by atoms with van der Waals surface area (Å²) in [6, 6.07) is 8.29. The Bertz CT molecular complexity index is 1030. The number of nitrogens with one attached hydrogen (secondary N) is 1. The number of nitro benzene ring substituents is 1. The smallest absolute Gasteiger partial charge is 0.321 e. The Morgan fingerprint density at radius 1 is 1.20 bits per heavy atom. The molecule has 0 aromatic heterocycles. The summed E-state index contributed by atoms with van der Waals surface area (Å²) in [5.74, 6) is -0.615. The molecular weight excluding hydrogens is 479 g/mol. The fourth-order valence-corrected chi connectivity index (χ4v) is 4.23. The van der Waals surface area contributed by atoms with Crippen molar-refractivity contribution in [2.75, 3.05) is 26.0 Å². The first-order valence-corrected chi connectivity index (χ1v) is 11.7. The SMILES string of the molecule is CSc1ccc(S(=O)(=O)NCC(=O)OCCOc2c(Cl)cccc2Cl)cc1[N+](=O)[O-]. The Kier molecular flexibility index (Phi) is 8.74. The maximum absolute atomic E-state index is 12.3. The van der Waals surface area contributed by atoms with Crippen LogP contribution in [0.5, 0.6) is 5.75 Å². The second-order valence-electron chi connectivity index (χ2n) is 5.54. The van der Waals surface area contributed by atoms with E-state index in [1.165, 1.54) is 12.1 Å². The molecule has 1 N–H and O–H groups in total. The molecule has 2 aromatic rings. The summed E-state index contributed by atoms with van der Waals surface area (Å²) in [6.07, 6.45) is 1.63. The molecule has 0 amide bonds. The molecule has 0 aliphatic carbocycles. The zero-order chi connectivity index (χ0) is 22.3. The number of rotatable bonds is 10. The number of nitro groups is 1. The number of esters is 1.